The van der Waals surface area contributed by atoms with Gasteiger partial charge in [0, 0.05) is 18.3 Å². The summed E-state index contributed by atoms with van der Waals surface area (Å²) in [5.74, 6) is 0.335. The zero-order valence-electron chi connectivity index (χ0n) is 12.0. The van der Waals surface area contributed by atoms with Crippen LogP contribution < -0.4 is 5.32 Å². The number of rotatable bonds is 3. The molecule has 19 heavy (non-hydrogen) atoms. The number of nitrogens with one attached hydrogen (secondary N) is 1. The second kappa shape index (κ2) is 5.35. The summed E-state index contributed by atoms with van der Waals surface area (Å²) in [6, 6.07) is 10.1. The Kier molecular flexibility index (Phi) is 3.79. The van der Waals surface area contributed by atoms with Gasteiger partial charge >= 0.3 is 0 Å². The first kappa shape index (κ1) is 13.5. The fourth-order valence-electron chi connectivity index (χ4n) is 2.13. The Morgan fingerprint density at radius 3 is 2.21 bits per heavy atom. The van der Waals surface area contributed by atoms with Crippen LogP contribution in [0.5, 0.6) is 5.75 Å². The van der Waals surface area contributed by atoms with Crippen molar-refractivity contribution in [3.05, 3.63) is 58.1 Å². The minimum atomic E-state index is 0.335. The number of phenols is 1. The molecule has 0 saturated heterocycles. The van der Waals surface area contributed by atoms with Gasteiger partial charge in [-0.25, -0.2) is 0 Å². The Labute approximate surface area is 115 Å². The van der Waals surface area contributed by atoms with Crippen LogP contribution in [-0.4, -0.2) is 5.11 Å². The van der Waals surface area contributed by atoms with E-state index in [1.165, 1.54) is 22.3 Å². The predicted molar refractivity (Wildman–Crippen MR) is 80.8 cm³/mol. The van der Waals surface area contributed by atoms with E-state index < -0.39 is 0 Å². The van der Waals surface area contributed by atoms with Gasteiger partial charge in [-0.3, -0.25) is 0 Å². The molecule has 0 radical (unpaired) electrons. The third-order valence-electron chi connectivity index (χ3n) is 3.64. The maximum absolute atomic E-state index is 9.69. The van der Waals surface area contributed by atoms with E-state index in [0.717, 1.165) is 17.8 Å². The molecule has 0 aliphatic carbocycles. The van der Waals surface area contributed by atoms with E-state index in [0.29, 0.717) is 5.75 Å². The molecule has 0 saturated carbocycles. The van der Waals surface area contributed by atoms with Gasteiger partial charge < -0.3 is 10.4 Å². The lowest BCUT2D eigenvalue weighted by molar-refractivity contribution is 0.471. The maximum atomic E-state index is 9.69. The zero-order chi connectivity index (χ0) is 14.0. The van der Waals surface area contributed by atoms with E-state index in [1.54, 1.807) is 6.07 Å². The summed E-state index contributed by atoms with van der Waals surface area (Å²) in [7, 11) is 0. The van der Waals surface area contributed by atoms with Crippen molar-refractivity contribution in [3.63, 3.8) is 0 Å². The minimum Gasteiger partial charge on any atom is -0.508 e. The van der Waals surface area contributed by atoms with Crippen LogP contribution >= 0.6 is 0 Å². The molecule has 0 fully saturated rings. The van der Waals surface area contributed by atoms with E-state index in [4.69, 9.17) is 0 Å². The monoisotopic (exact) mass is 255 g/mol. The van der Waals surface area contributed by atoms with Gasteiger partial charge in [0.1, 0.15) is 5.75 Å². The molecule has 2 nitrogen and oxygen atoms in total. The summed E-state index contributed by atoms with van der Waals surface area (Å²) in [4.78, 5) is 0. The highest BCUT2D eigenvalue weighted by Gasteiger charge is 2.03. The molecule has 0 bridgehead atoms. The SMILES string of the molecule is Cc1cc(C)c(CNc2ccc(C)c(O)c2)cc1C. The first-order valence-electron chi connectivity index (χ1n) is 6.57. The molecule has 0 aliphatic heterocycles. The standard InChI is InChI=1S/C17H21NO/c1-11-5-6-16(9-17(11)19)18-10-15-8-13(3)12(2)7-14(15)4/h5-9,18-19H,10H2,1-4H3. The molecule has 100 valence electrons. The number of hydrogen-bond donors (Lipinski definition) is 2. The lowest BCUT2D eigenvalue weighted by atomic mass is 10.0. The highest BCUT2D eigenvalue weighted by atomic mass is 16.3. The molecular formula is C17H21NO. The molecule has 2 rings (SSSR count). The Morgan fingerprint density at radius 2 is 1.53 bits per heavy atom. The summed E-state index contributed by atoms with van der Waals surface area (Å²) >= 11 is 0. The van der Waals surface area contributed by atoms with Crippen molar-refractivity contribution in [3.8, 4) is 5.75 Å². The van der Waals surface area contributed by atoms with Gasteiger partial charge in [-0.15, -0.1) is 0 Å². The summed E-state index contributed by atoms with van der Waals surface area (Å²) in [5, 5.41) is 13.0. The summed E-state index contributed by atoms with van der Waals surface area (Å²) < 4.78 is 0. The quantitative estimate of drug-likeness (QED) is 0.860. The van der Waals surface area contributed by atoms with Gasteiger partial charge in [-0.05, 0) is 61.6 Å². The Bertz CT molecular complexity index is 602. The van der Waals surface area contributed by atoms with Crippen LogP contribution in [-0.2, 0) is 6.54 Å². The maximum Gasteiger partial charge on any atom is 0.120 e. The molecule has 0 unspecified atom stereocenters. The number of aromatic hydroxyl groups is 1. The van der Waals surface area contributed by atoms with Crippen LogP contribution in [0, 0.1) is 27.7 Å². The van der Waals surface area contributed by atoms with Crippen LogP contribution in [0.3, 0.4) is 0 Å². The summed E-state index contributed by atoms with van der Waals surface area (Å²) in [6.45, 7) is 9.08. The van der Waals surface area contributed by atoms with E-state index in [1.807, 2.05) is 19.1 Å². The fourth-order valence-corrected chi connectivity index (χ4v) is 2.13. The molecule has 0 heterocycles. The van der Waals surface area contributed by atoms with Crippen LogP contribution in [0.1, 0.15) is 27.8 Å². The van der Waals surface area contributed by atoms with Crippen molar-refractivity contribution in [2.24, 2.45) is 0 Å². The highest BCUT2D eigenvalue weighted by molar-refractivity contribution is 5.51. The third kappa shape index (κ3) is 3.08. The summed E-state index contributed by atoms with van der Waals surface area (Å²) in [6.07, 6.45) is 0. The third-order valence-corrected chi connectivity index (χ3v) is 3.64. The van der Waals surface area contributed by atoms with Crippen molar-refractivity contribution >= 4 is 5.69 Å². The Balaban J connectivity index is 2.14. The molecule has 0 aliphatic rings. The van der Waals surface area contributed by atoms with E-state index in [-0.39, 0.29) is 0 Å². The summed E-state index contributed by atoms with van der Waals surface area (Å²) in [5.41, 5.74) is 7.08. The van der Waals surface area contributed by atoms with Gasteiger partial charge in [0.05, 0.1) is 0 Å². The second-order valence-electron chi connectivity index (χ2n) is 5.22. The first-order valence-corrected chi connectivity index (χ1v) is 6.57. The number of benzene rings is 2. The van der Waals surface area contributed by atoms with Crippen LogP contribution in [0.2, 0.25) is 0 Å². The fraction of sp³-hybridized carbons (Fsp3) is 0.294. The van der Waals surface area contributed by atoms with Gasteiger partial charge in [0.2, 0.25) is 0 Å². The average molecular weight is 255 g/mol. The molecule has 2 aromatic carbocycles. The van der Waals surface area contributed by atoms with E-state index >= 15 is 0 Å². The number of aryl methyl sites for hydroxylation is 4. The van der Waals surface area contributed by atoms with Crippen molar-refractivity contribution in [2.45, 2.75) is 34.2 Å². The van der Waals surface area contributed by atoms with Crippen molar-refractivity contribution in [1.82, 2.24) is 0 Å². The minimum absolute atomic E-state index is 0.335. The van der Waals surface area contributed by atoms with Gasteiger partial charge in [0.15, 0.2) is 0 Å². The molecular weight excluding hydrogens is 234 g/mol. The number of hydrogen-bond acceptors (Lipinski definition) is 2. The Hall–Kier alpha value is -1.96. The van der Waals surface area contributed by atoms with E-state index in [2.05, 4.69) is 38.2 Å². The topological polar surface area (TPSA) is 32.3 Å². The van der Waals surface area contributed by atoms with Gasteiger partial charge in [0.25, 0.3) is 0 Å². The van der Waals surface area contributed by atoms with Crippen LogP contribution in [0.15, 0.2) is 30.3 Å². The average Bonchev–Trinajstić information content (AvgIpc) is 2.36. The van der Waals surface area contributed by atoms with Gasteiger partial charge in [-0.1, -0.05) is 18.2 Å². The van der Waals surface area contributed by atoms with Gasteiger partial charge in [-0.2, -0.15) is 0 Å². The van der Waals surface area contributed by atoms with Crippen molar-refractivity contribution in [2.75, 3.05) is 5.32 Å². The molecule has 0 atom stereocenters. The van der Waals surface area contributed by atoms with Crippen LogP contribution in [0.4, 0.5) is 5.69 Å². The number of phenolic OH excluding ortho intramolecular Hbond substituents is 1. The van der Waals surface area contributed by atoms with Crippen molar-refractivity contribution in [1.29, 1.82) is 0 Å². The smallest absolute Gasteiger partial charge is 0.120 e. The normalized spacial score (nSPS) is 10.5. The predicted octanol–water partition coefficient (Wildman–Crippen LogP) is 4.24. The molecule has 2 aromatic rings. The molecule has 0 amide bonds. The lowest BCUT2D eigenvalue weighted by Crippen LogP contribution is -2.02. The molecule has 0 aromatic heterocycles. The molecule has 2 heteroatoms. The van der Waals surface area contributed by atoms with Crippen molar-refractivity contribution < 1.29 is 5.11 Å². The van der Waals surface area contributed by atoms with E-state index in [9.17, 15) is 5.11 Å². The molecule has 2 N–H and O–H groups in total. The zero-order valence-corrected chi connectivity index (χ0v) is 12.0. The Morgan fingerprint density at radius 1 is 0.842 bits per heavy atom. The van der Waals surface area contributed by atoms with Crippen LogP contribution in [0.25, 0.3) is 0 Å². The highest BCUT2D eigenvalue weighted by Crippen LogP contribution is 2.22. The molecule has 0 spiro atoms. The largest absolute Gasteiger partial charge is 0.508 e. The first-order chi connectivity index (χ1) is 8.97. The number of anilines is 1. The second-order valence-corrected chi connectivity index (χ2v) is 5.22. The lowest BCUT2D eigenvalue weighted by Gasteiger charge is -2.12.